The van der Waals surface area contributed by atoms with Gasteiger partial charge in [-0.3, -0.25) is 9.88 Å². The van der Waals surface area contributed by atoms with Crippen LogP contribution in [0.1, 0.15) is 25.5 Å². The normalized spacial score (nSPS) is 17.9. The molecule has 1 aliphatic rings. The standard InChI is InChI=1S/C15H19N3OS/c1-2-6-15(19)10-18(11-15)8-12-9-20-14(17-12)13-5-3-4-7-16-13/h3-5,7,9,19H,2,6,8,10-11H2,1H3. The van der Waals surface area contributed by atoms with Crippen LogP contribution in [0.5, 0.6) is 0 Å². The van der Waals surface area contributed by atoms with Gasteiger partial charge in [-0.15, -0.1) is 11.3 Å². The van der Waals surface area contributed by atoms with Crippen LogP contribution in [0, 0.1) is 0 Å². The minimum Gasteiger partial charge on any atom is -0.387 e. The van der Waals surface area contributed by atoms with Gasteiger partial charge in [0.25, 0.3) is 0 Å². The second kappa shape index (κ2) is 5.60. The number of likely N-dealkylation sites (tertiary alicyclic amines) is 1. The summed E-state index contributed by atoms with van der Waals surface area (Å²) < 4.78 is 0. The number of rotatable bonds is 5. The number of aromatic nitrogens is 2. The molecule has 20 heavy (non-hydrogen) atoms. The zero-order chi connectivity index (χ0) is 14.0. The first-order valence-electron chi connectivity index (χ1n) is 6.99. The van der Waals surface area contributed by atoms with Crippen molar-refractivity contribution in [2.75, 3.05) is 13.1 Å². The third kappa shape index (κ3) is 2.90. The molecular formula is C15H19N3OS. The number of β-amino-alcohol motifs (C(OH)–C–C–N with tert-alkyl or cyclic N) is 1. The van der Waals surface area contributed by atoms with Gasteiger partial charge in [-0.05, 0) is 18.6 Å². The predicted octanol–water partition coefficient (Wildman–Crippen LogP) is 2.55. The summed E-state index contributed by atoms with van der Waals surface area (Å²) in [6.07, 6.45) is 3.71. The van der Waals surface area contributed by atoms with Crippen LogP contribution < -0.4 is 0 Å². The topological polar surface area (TPSA) is 49.2 Å². The first-order chi connectivity index (χ1) is 9.68. The molecule has 1 fully saturated rings. The molecule has 0 aromatic carbocycles. The van der Waals surface area contributed by atoms with E-state index in [0.717, 1.165) is 48.9 Å². The van der Waals surface area contributed by atoms with Crippen LogP contribution in [0.25, 0.3) is 10.7 Å². The van der Waals surface area contributed by atoms with Crippen molar-refractivity contribution >= 4 is 11.3 Å². The molecule has 1 N–H and O–H groups in total. The maximum absolute atomic E-state index is 10.2. The molecule has 1 saturated heterocycles. The van der Waals surface area contributed by atoms with Crippen LogP contribution in [-0.2, 0) is 6.54 Å². The lowest BCUT2D eigenvalue weighted by molar-refractivity contribution is -0.107. The highest BCUT2D eigenvalue weighted by molar-refractivity contribution is 7.13. The smallest absolute Gasteiger partial charge is 0.142 e. The maximum atomic E-state index is 10.2. The summed E-state index contributed by atoms with van der Waals surface area (Å²) in [5.41, 5.74) is 1.53. The van der Waals surface area contributed by atoms with E-state index in [1.54, 1.807) is 17.5 Å². The van der Waals surface area contributed by atoms with Gasteiger partial charge in [0, 0.05) is 31.2 Å². The Morgan fingerprint density at radius 2 is 2.25 bits per heavy atom. The van der Waals surface area contributed by atoms with Crippen molar-refractivity contribution in [3.63, 3.8) is 0 Å². The Labute approximate surface area is 123 Å². The summed E-state index contributed by atoms with van der Waals surface area (Å²) in [5.74, 6) is 0. The molecule has 0 radical (unpaired) electrons. The number of hydrogen-bond acceptors (Lipinski definition) is 5. The highest BCUT2D eigenvalue weighted by Gasteiger charge is 2.40. The molecule has 0 atom stereocenters. The van der Waals surface area contributed by atoms with Crippen molar-refractivity contribution in [3.05, 3.63) is 35.5 Å². The Morgan fingerprint density at radius 3 is 2.95 bits per heavy atom. The van der Waals surface area contributed by atoms with E-state index in [0.29, 0.717) is 0 Å². The Morgan fingerprint density at radius 1 is 1.40 bits per heavy atom. The van der Waals surface area contributed by atoms with Crippen molar-refractivity contribution in [2.45, 2.75) is 31.9 Å². The summed E-state index contributed by atoms with van der Waals surface area (Å²) in [4.78, 5) is 11.2. The Bertz CT molecular complexity index is 564. The van der Waals surface area contributed by atoms with Crippen LogP contribution in [0.4, 0.5) is 0 Å². The van der Waals surface area contributed by atoms with E-state index >= 15 is 0 Å². The monoisotopic (exact) mass is 289 g/mol. The highest BCUT2D eigenvalue weighted by atomic mass is 32.1. The van der Waals surface area contributed by atoms with E-state index < -0.39 is 5.60 Å². The van der Waals surface area contributed by atoms with E-state index in [-0.39, 0.29) is 0 Å². The molecule has 0 aliphatic carbocycles. The number of nitrogens with zero attached hydrogens (tertiary/aromatic N) is 3. The minimum absolute atomic E-state index is 0.464. The largest absolute Gasteiger partial charge is 0.387 e. The third-order valence-corrected chi connectivity index (χ3v) is 4.49. The lowest BCUT2D eigenvalue weighted by atomic mass is 9.89. The quantitative estimate of drug-likeness (QED) is 0.919. The first-order valence-corrected chi connectivity index (χ1v) is 7.87. The second-order valence-electron chi connectivity index (χ2n) is 5.48. The molecule has 0 spiro atoms. The van der Waals surface area contributed by atoms with Crippen LogP contribution in [0.3, 0.4) is 0 Å². The molecule has 0 amide bonds. The SMILES string of the molecule is CCCC1(O)CN(Cc2csc(-c3ccccn3)n2)C1. The van der Waals surface area contributed by atoms with E-state index in [2.05, 4.69) is 27.2 Å². The Balaban J connectivity index is 1.59. The van der Waals surface area contributed by atoms with Crippen LogP contribution >= 0.6 is 11.3 Å². The zero-order valence-corrected chi connectivity index (χ0v) is 12.4. The molecule has 0 unspecified atom stereocenters. The predicted molar refractivity (Wildman–Crippen MR) is 80.5 cm³/mol. The van der Waals surface area contributed by atoms with Gasteiger partial charge in [0.05, 0.1) is 17.0 Å². The molecule has 3 heterocycles. The molecule has 5 heteroatoms. The van der Waals surface area contributed by atoms with Crippen LogP contribution in [0.15, 0.2) is 29.8 Å². The van der Waals surface area contributed by atoms with Crippen molar-refractivity contribution in [3.8, 4) is 10.7 Å². The van der Waals surface area contributed by atoms with Gasteiger partial charge in [0.1, 0.15) is 5.01 Å². The molecular weight excluding hydrogens is 270 g/mol. The zero-order valence-electron chi connectivity index (χ0n) is 11.6. The maximum Gasteiger partial charge on any atom is 0.142 e. The van der Waals surface area contributed by atoms with Crippen molar-refractivity contribution in [1.29, 1.82) is 0 Å². The summed E-state index contributed by atoms with van der Waals surface area (Å²) in [7, 11) is 0. The first kappa shape index (κ1) is 13.7. The van der Waals surface area contributed by atoms with E-state index in [9.17, 15) is 5.11 Å². The summed E-state index contributed by atoms with van der Waals surface area (Å²) in [5, 5.41) is 13.2. The molecule has 3 rings (SSSR count). The summed E-state index contributed by atoms with van der Waals surface area (Å²) >= 11 is 1.63. The van der Waals surface area contributed by atoms with Crippen LogP contribution in [0.2, 0.25) is 0 Å². The van der Waals surface area contributed by atoms with E-state index in [1.165, 1.54) is 0 Å². The average molecular weight is 289 g/mol. The fraction of sp³-hybridized carbons (Fsp3) is 0.467. The lowest BCUT2D eigenvalue weighted by Crippen LogP contribution is -2.60. The van der Waals surface area contributed by atoms with E-state index in [1.807, 2.05) is 18.2 Å². The van der Waals surface area contributed by atoms with Crippen molar-refractivity contribution in [1.82, 2.24) is 14.9 Å². The molecule has 4 nitrogen and oxygen atoms in total. The molecule has 0 saturated carbocycles. The fourth-order valence-electron chi connectivity index (χ4n) is 2.74. The van der Waals surface area contributed by atoms with Crippen molar-refractivity contribution < 1.29 is 5.11 Å². The third-order valence-electron chi connectivity index (χ3n) is 3.57. The van der Waals surface area contributed by atoms with Gasteiger partial charge in [-0.25, -0.2) is 4.98 Å². The number of aliphatic hydroxyl groups is 1. The van der Waals surface area contributed by atoms with Gasteiger partial charge in [-0.1, -0.05) is 19.4 Å². The average Bonchev–Trinajstić information content (AvgIpc) is 2.87. The van der Waals surface area contributed by atoms with Gasteiger partial charge in [-0.2, -0.15) is 0 Å². The van der Waals surface area contributed by atoms with Gasteiger partial charge in [0.15, 0.2) is 0 Å². The molecule has 0 bridgehead atoms. The number of pyridine rings is 1. The molecule has 2 aromatic heterocycles. The summed E-state index contributed by atoms with van der Waals surface area (Å²) in [6, 6.07) is 5.86. The molecule has 1 aliphatic heterocycles. The number of hydrogen-bond donors (Lipinski definition) is 1. The fourth-order valence-corrected chi connectivity index (χ4v) is 3.52. The van der Waals surface area contributed by atoms with Gasteiger partial charge < -0.3 is 5.11 Å². The Hall–Kier alpha value is -1.30. The van der Waals surface area contributed by atoms with Crippen LogP contribution in [-0.4, -0.2) is 38.7 Å². The lowest BCUT2D eigenvalue weighted by Gasteiger charge is -2.46. The molecule has 2 aromatic rings. The summed E-state index contributed by atoms with van der Waals surface area (Å²) in [6.45, 7) is 4.45. The highest BCUT2D eigenvalue weighted by Crippen LogP contribution is 2.28. The van der Waals surface area contributed by atoms with Gasteiger partial charge >= 0.3 is 0 Å². The van der Waals surface area contributed by atoms with Gasteiger partial charge in [0.2, 0.25) is 0 Å². The molecule has 106 valence electrons. The minimum atomic E-state index is -0.464. The van der Waals surface area contributed by atoms with Crippen molar-refractivity contribution in [2.24, 2.45) is 0 Å². The number of thiazole rings is 1. The second-order valence-corrected chi connectivity index (χ2v) is 6.34. The Kier molecular flexibility index (Phi) is 3.83. The van der Waals surface area contributed by atoms with E-state index in [4.69, 9.17) is 0 Å².